The number of aryl methyl sites for hydroxylation is 1. The van der Waals surface area contributed by atoms with Crippen molar-refractivity contribution in [2.75, 3.05) is 6.54 Å². The number of rotatable bonds is 5. The van der Waals surface area contributed by atoms with Gasteiger partial charge in [0.1, 0.15) is 0 Å². The molecule has 0 saturated carbocycles. The van der Waals surface area contributed by atoms with Gasteiger partial charge in [0, 0.05) is 22.6 Å². The van der Waals surface area contributed by atoms with Gasteiger partial charge in [-0.1, -0.05) is 36.4 Å². The van der Waals surface area contributed by atoms with Gasteiger partial charge in [-0.25, -0.2) is 0 Å². The first-order valence-corrected chi connectivity index (χ1v) is 11.1. The fraction of sp³-hybridized carbons (Fsp3) is 0.160. The van der Waals surface area contributed by atoms with Crippen molar-refractivity contribution < 1.29 is 27.6 Å². The molecule has 2 amide bonds. The number of carbonyl (C=O) groups is 3. The Kier molecular flexibility index (Phi) is 6.22. The molecule has 0 aliphatic carbocycles. The second-order valence-electron chi connectivity index (χ2n) is 7.77. The summed E-state index contributed by atoms with van der Waals surface area (Å²) in [5.74, 6) is -0.935. The third kappa shape index (κ3) is 4.56. The van der Waals surface area contributed by atoms with Gasteiger partial charge in [0.05, 0.1) is 17.0 Å². The van der Waals surface area contributed by atoms with Crippen molar-refractivity contribution in [1.82, 2.24) is 9.47 Å². The lowest BCUT2D eigenvalue weighted by Gasteiger charge is -2.13. The summed E-state index contributed by atoms with van der Waals surface area (Å²) in [6, 6.07) is 15.1. The van der Waals surface area contributed by atoms with E-state index >= 15 is 0 Å². The van der Waals surface area contributed by atoms with Crippen LogP contribution in [0.25, 0.3) is 11.8 Å². The summed E-state index contributed by atoms with van der Waals surface area (Å²) in [5, 5.41) is -0.549. The molecule has 34 heavy (non-hydrogen) atoms. The van der Waals surface area contributed by atoms with Gasteiger partial charge in [-0.3, -0.25) is 19.3 Å². The van der Waals surface area contributed by atoms with E-state index in [9.17, 15) is 27.6 Å². The number of alkyl halides is 3. The molecule has 1 fully saturated rings. The third-order valence-electron chi connectivity index (χ3n) is 5.46. The molecular weight excluding hydrogens is 465 g/mol. The molecule has 1 saturated heterocycles. The molecule has 0 spiro atoms. The van der Waals surface area contributed by atoms with Crippen LogP contribution in [0, 0.1) is 13.8 Å². The Balaban J connectivity index is 1.61. The van der Waals surface area contributed by atoms with Crippen molar-refractivity contribution in [3.05, 3.63) is 93.6 Å². The number of hydrogen-bond acceptors (Lipinski definition) is 4. The van der Waals surface area contributed by atoms with E-state index in [1.165, 1.54) is 12.1 Å². The van der Waals surface area contributed by atoms with Crippen molar-refractivity contribution in [3.8, 4) is 5.69 Å². The van der Waals surface area contributed by atoms with E-state index in [2.05, 4.69) is 0 Å². The maximum absolute atomic E-state index is 13.2. The highest BCUT2D eigenvalue weighted by Crippen LogP contribution is 2.35. The molecule has 0 radical (unpaired) electrons. The fourth-order valence-electron chi connectivity index (χ4n) is 3.79. The molecule has 3 aromatic rings. The minimum atomic E-state index is -4.47. The number of benzene rings is 2. The molecule has 2 aromatic carbocycles. The van der Waals surface area contributed by atoms with Crippen molar-refractivity contribution >= 4 is 34.8 Å². The zero-order valence-electron chi connectivity index (χ0n) is 18.2. The fourth-order valence-corrected chi connectivity index (χ4v) is 4.62. The standard InChI is InChI=1S/C25H19F3N2O3S/c1-15-11-18(16(2)30(15)20-10-6-9-19(13-20)25(26,27)28)12-22-23(32)29(24(33)34-22)14-21(31)17-7-4-3-5-8-17/h3-13H,14H2,1-2H3/b22-12-. The van der Waals surface area contributed by atoms with Crippen LogP contribution >= 0.6 is 11.8 Å². The largest absolute Gasteiger partial charge is 0.416 e. The zero-order chi connectivity index (χ0) is 24.6. The van der Waals surface area contributed by atoms with Crippen LogP contribution in [0.15, 0.2) is 65.6 Å². The summed E-state index contributed by atoms with van der Waals surface area (Å²) in [7, 11) is 0. The van der Waals surface area contributed by atoms with Gasteiger partial charge in [-0.15, -0.1) is 0 Å². The number of nitrogens with zero attached hydrogens (tertiary/aromatic N) is 2. The Bertz CT molecular complexity index is 1330. The van der Waals surface area contributed by atoms with E-state index in [1.807, 2.05) is 0 Å². The molecule has 2 heterocycles. The summed E-state index contributed by atoms with van der Waals surface area (Å²) in [5.41, 5.74) is 1.85. The second-order valence-corrected chi connectivity index (χ2v) is 8.76. The average Bonchev–Trinajstić information content (AvgIpc) is 3.22. The predicted octanol–water partition coefficient (Wildman–Crippen LogP) is 6.03. The lowest BCUT2D eigenvalue weighted by molar-refractivity contribution is -0.137. The van der Waals surface area contributed by atoms with Crippen LogP contribution in [0.2, 0.25) is 0 Å². The van der Waals surface area contributed by atoms with Crippen LogP contribution < -0.4 is 0 Å². The van der Waals surface area contributed by atoms with Gasteiger partial charge in [0.25, 0.3) is 11.1 Å². The third-order valence-corrected chi connectivity index (χ3v) is 6.37. The SMILES string of the molecule is Cc1cc(/C=C2\SC(=O)N(CC(=O)c3ccccc3)C2=O)c(C)n1-c1cccc(C(F)(F)F)c1. The number of hydrogen-bond donors (Lipinski definition) is 0. The maximum Gasteiger partial charge on any atom is 0.416 e. The Morgan fingerprint density at radius 3 is 2.38 bits per heavy atom. The quantitative estimate of drug-likeness (QED) is 0.328. The van der Waals surface area contributed by atoms with Crippen molar-refractivity contribution in [1.29, 1.82) is 0 Å². The molecular formula is C25H19F3N2O3S. The first kappa shape index (κ1) is 23.6. The topological polar surface area (TPSA) is 59.4 Å². The van der Waals surface area contributed by atoms with E-state index in [-0.39, 0.29) is 17.2 Å². The lowest BCUT2D eigenvalue weighted by atomic mass is 10.1. The first-order valence-electron chi connectivity index (χ1n) is 10.3. The summed E-state index contributed by atoms with van der Waals surface area (Å²) < 4.78 is 41.1. The summed E-state index contributed by atoms with van der Waals surface area (Å²) in [6.07, 6.45) is -2.94. The Morgan fingerprint density at radius 1 is 1.00 bits per heavy atom. The van der Waals surface area contributed by atoms with Crippen LogP contribution in [-0.2, 0) is 11.0 Å². The molecule has 174 valence electrons. The minimum Gasteiger partial charge on any atom is -0.318 e. The highest BCUT2D eigenvalue weighted by molar-refractivity contribution is 8.18. The molecule has 0 N–H and O–H groups in total. The van der Waals surface area contributed by atoms with E-state index in [1.54, 1.807) is 60.9 Å². The Labute approximate surface area is 197 Å². The smallest absolute Gasteiger partial charge is 0.318 e. The van der Waals surface area contributed by atoms with Crippen molar-refractivity contribution in [3.63, 3.8) is 0 Å². The highest BCUT2D eigenvalue weighted by atomic mass is 32.2. The first-order chi connectivity index (χ1) is 16.1. The normalized spacial score (nSPS) is 15.4. The number of ketones is 1. The van der Waals surface area contributed by atoms with Gasteiger partial charge in [0.15, 0.2) is 5.78 Å². The molecule has 1 aliphatic rings. The van der Waals surface area contributed by atoms with Gasteiger partial charge >= 0.3 is 6.18 Å². The van der Waals surface area contributed by atoms with Crippen LogP contribution in [0.4, 0.5) is 18.0 Å². The van der Waals surface area contributed by atoms with Gasteiger partial charge < -0.3 is 4.57 Å². The van der Waals surface area contributed by atoms with E-state index in [4.69, 9.17) is 0 Å². The summed E-state index contributed by atoms with van der Waals surface area (Å²) >= 11 is 0.728. The van der Waals surface area contributed by atoms with Crippen LogP contribution in [0.5, 0.6) is 0 Å². The number of amides is 2. The molecule has 1 aliphatic heterocycles. The lowest BCUT2D eigenvalue weighted by Crippen LogP contribution is -2.33. The van der Waals surface area contributed by atoms with Gasteiger partial charge in [0.2, 0.25) is 0 Å². The Morgan fingerprint density at radius 2 is 1.71 bits per heavy atom. The number of Topliss-reactive ketones (excluding diaryl/α,β-unsaturated/α-hetero) is 1. The molecule has 0 bridgehead atoms. The van der Waals surface area contributed by atoms with Gasteiger partial charge in [-0.05, 0) is 61.5 Å². The minimum absolute atomic E-state index is 0.148. The highest BCUT2D eigenvalue weighted by Gasteiger charge is 2.36. The van der Waals surface area contributed by atoms with E-state index in [0.717, 1.165) is 28.8 Å². The zero-order valence-corrected chi connectivity index (χ0v) is 19.0. The number of aromatic nitrogens is 1. The van der Waals surface area contributed by atoms with Crippen molar-refractivity contribution in [2.24, 2.45) is 0 Å². The Hall–Kier alpha value is -3.59. The van der Waals surface area contributed by atoms with E-state index in [0.29, 0.717) is 28.2 Å². The number of halogens is 3. The monoisotopic (exact) mass is 484 g/mol. The van der Waals surface area contributed by atoms with E-state index < -0.39 is 22.9 Å². The molecule has 0 atom stereocenters. The maximum atomic E-state index is 13.2. The molecule has 9 heteroatoms. The summed E-state index contributed by atoms with van der Waals surface area (Å²) in [4.78, 5) is 38.8. The second kappa shape index (κ2) is 8.98. The molecule has 0 unspecified atom stereocenters. The number of imide groups is 1. The van der Waals surface area contributed by atoms with Crippen molar-refractivity contribution in [2.45, 2.75) is 20.0 Å². The average molecular weight is 484 g/mol. The predicted molar refractivity (Wildman–Crippen MR) is 124 cm³/mol. The number of carbonyl (C=O) groups excluding carboxylic acids is 3. The van der Waals surface area contributed by atoms with Crippen LogP contribution in [-0.4, -0.2) is 32.9 Å². The molecule has 1 aromatic heterocycles. The molecule has 5 nitrogen and oxygen atoms in total. The molecule has 4 rings (SSSR count). The number of thioether (sulfide) groups is 1. The summed E-state index contributed by atoms with van der Waals surface area (Å²) in [6.45, 7) is 3.10. The van der Waals surface area contributed by atoms with Crippen LogP contribution in [0.1, 0.15) is 32.9 Å². The van der Waals surface area contributed by atoms with Crippen LogP contribution in [0.3, 0.4) is 0 Å². The van der Waals surface area contributed by atoms with Gasteiger partial charge in [-0.2, -0.15) is 13.2 Å².